The van der Waals surface area contributed by atoms with E-state index in [-0.39, 0.29) is 0 Å². The van der Waals surface area contributed by atoms with Gasteiger partial charge in [0.15, 0.2) is 0 Å². The van der Waals surface area contributed by atoms with Crippen molar-refractivity contribution in [2.75, 3.05) is 5.73 Å². The molecule has 0 aliphatic carbocycles. The van der Waals surface area contributed by atoms with Crippen LogP contribution in [0.2, 0.25) is 0 Å². The van der Waals surface area contributed by atoms with Gasteiger partial charge in [0.05, 0.1) is 0 Å². The predicted molar refractivity (Wildman–Crippen MR) is 52.7 cm³/mol. The van der Waals surface area contributed by atoms with Gasteiger partial charge in [0.25, 0.3) is 0 Å². The molecule has 0 saturated carbocycles. The molecule has 1 aromatic rings. The molecule has 1 aromatic carbocycles. The molecule has 0 heterocycles. The van der Waals surface area contributed by atoms with Crippen LogP contribution in [0.5, 0.6) is 0 Å². The first-order valence-corrected chi connectivity index (χ1v) is 4.49. The van der Waals surface area contributed by atoms with E-state index in [1.165, 1.54) is 15.6 Å². The zero-order valence-corrected chi connectivity index (χ0v) is 8.40. The van der Waals surface area contributed by atoms with Gasteiger partial charge in [-0.2, -0.15) is 0 Å². The van der Waals surface area contributed by atoms with Crippen molar-refractivity contribution in [1.29, 1.82) is 0 Å². The fourth-order valence-electron chi connectivity index (χ4n) is 1.13. The van der Waals surface area contributed by atoms with Gasteiger partial charge < -0.3 is 5.73 Å². The fraction of sp³-hybridized carbons (Fsp3) is 0.333. The van der Waals surface area contributed by atoms with Crippen LogP contribution in [0.4, 0.5) is 5.69 Å². The monoisotopic (exact) mass is 213 g/mol. The third-order valence-corrected chi connectivity index (χ3v) is 2.87. The lowest BCUT2D eigenvalue weighted by atomic mass is 10.1. The van der Waals surface area contributed by atoms with Crippen LogP contribution < -0.4 is 5.73 Å². The summed E-state index contributed by atoms with van der Waals surface area (Å²) < 4.78 is 1.19. The van der Waals surface area contributed by atoms with Gasteiger partial charge in [0.2, 0.25) is 0 Å². The summed E-state index contributed by atoms with van der Waals surface area (Å²) in [6, 6.07) is 3.99. The molecule has 0 radical (unpaired) electrons. The summed E-state index contributed by atoms with van der Waals surface area (Å²) in [7, 11) is 0. The Bertz CT molecular complexity index is 269. The van der Waals surface area contributed by atoms with Crippen LogP contribution in [0.15, 0.2) is 16.6 Å². The standard InChI is InChI=1S/C9H12BrN/c1-3-7-5-8(11)4-6(2)9(7)10/h4-5H,3,11H2,1-2H3. The first-order valence-electron chi connectivity index (χ1n) is 3.69. The van der Waals surface area contributed by atoms with Crippen molar-refractivity contribution in [3.05, 3.63) is 27.7 Å². The number of aryl methyl sites for hydroxylation is 2. The average molecular weight is 214 g/mol. The van der Waals surface area contributed by atoms with Crippen LogP contribution in [0.3, 0.4) is 0 Å². The minimum absolute atomic E-state index is 0.850. The van der Waals surface area contributed by atoms with Crippen molar-refractivity contribution in [3.8, 4) is 0 Å². The summed E-state index contributed by atoms with van der Waals surface area (Å²) in [5.74, 6) is 0. The lowest BCUT2D eigenvalue weighted by Gasteiger charge is -2.05. The number of halogens is 1. The summed E-state index contributed by atoms with van der Waals surface area (Å²) in [4.78, 5) is 0. The molecule has 0 aliphatic rings. The van der Waals surface area contributed by atoms with Crippen molar-refractivity contribution >= 4 is 21.6 Å². The zero-order valence-electron chi connectivity index (χ0n) is 6.82. The van der Waals surface area contributed by atoms with E-state index in [2.05, 4.69) is 29.8 Å². The Labute approximate surface area is 75.7 Å². The molecule has 2 N–H and O–H groups in total. The van der Waals surface area contributed by atoms with Crippen LogP contribution in [-0.2, 0) is 6.42 Å². The van der Waals surface area contributed by atoms with E-state index in [9.17, 15) is 0 Å². The maximum Gasteiger partial charge on any atom is 0.0320 e. The molecule has 0 aromatic heterocycles. The van der Waals surface area contributed by atoms with Gasteiger partial charge >= 0.3 is 0 Å². The first-order chi connectivity index (χ1) is 5.15. The molecular weight excluding hydrogens is 202 g/mol. The molecule has 60 valence electrons. The molecule has 11 heavy (non-hydrogen) atoms. The smallest absolute Gasteiger partial charge is 0.0320 e. The van der Waals surface area contributed by atoms with Gasteiger partial charge in [0.1, 0.15) is 0 Å². The highest BCUT2D eigenvalue weighted by Gasteiger charge is 2.01. The van der Waals surface area contributed by atoms with Gasteiger partial charge in [-0.3, -0.25) is 0 Å². The number of hydrogen-bond donors (Lipinski definition) is 1. The zero-order chi connectivity index (χ0) is 8.43. The number of nitrogens with two attached hydrogens (primary N) is 1. The highest BCUT2D eigenvalue weighted by atomic mass is 79.9. The molecule has 0 amide bonds. The van der Waals surface area contributed by atoms with E-state index >= 15 is 0 Å². The van der Waals surface area contributed by atoms with Crippen LogP contribution in [0.1, 0.15) is 18.1 Å². The quantitative estimate of drug-likeness (QED) is 0.714. The molecule has 0 bridgehead atoms. The van der Waals surface area contributed by atoms with Crippen molar-refractivity contribution < 1.29 is 0 Å². The number of hydrogen-bond acceptors (Lipinski definition) is 1. The Kier molecular flexibility index (Phi) is 2.55. The number of anilines is 1. The van der Waals surface area contributed by atoms with Crippen LogP contribution in [0, 0.1) is 6.92 Å². The molecule has 1 rings (SSSR count). The molecule has 2 heteroatoms. The topological polar surface area (TPSA) is 26.0 Å². The average Bonchev–Trinajstić information content (AvgIpc) is 1.96. The SMILES string of the molecule is CCc1cc(N)cc(C)c1Br. The molecule has 0 atom stereocenters. The van der Waals surface area contributed by atoms with E-state index in [0.717, 1.165) is 12.1 Å². The van der Waals surface area contributed by atoms with Gasteiger partial charge in [0, 0.05) is 10.2 Å². The van der Waals surface area contributed by atoms with E-state index in [1.54, 1.807) is 0 Å². The van der Waals surface area contributed by atoms with Crippen molar-refractivity contribution in [3.63, 3.8) is 0 Å². The lowest BCUT2D eigenvalue weighted by molar-refractivity contribution is 1.12. The van der Waals surface area contributed by atoms with E-state index in [4.69, 9.17) is 5.73 Å². The van der Waals surface area contributed by atoms with Gasteiger partial charge in [-0.1, -0.05) is 22.9 Å². The summed E-state index contributed by atoms with van der Waals surface area (Å²) in [6.45, 7) is 4.18. The van der Waals surface area contributed by atoms with Gasteiger partial charge in [-0.05, 0) is 36.6 Å². The second-order valence-corrected chi connectivity index (χ2v) is 3.46. The molecular formula is C9H12BrN. The van der Waals surface area contributed by atoms with Crippen LogP contribution in [0.25, 0.3) is 0 Å². The van der Waals surface area contributed by atoms with Crippen molar-refractivity contribution in [2.24, 2.45) is 0 Å². The molecule has 1 nitrogen and oxygen atoms in total. The number of nitrogen functional groups attached to an aromatic ring is 1. The van der Waals surface area contributed by atoms with Crippen LogP contribution in [-0.4, -0.2) is 0 Å². The second kappa shape index (κ2) is 3.26. The maximum atomic E-state index is 5.68. The predicted octanol–water partition coefficient (Wildman–Crippen LogP) is 2.90. The van der Waals surface area contributed by atoms with Crippen LogP contribution >= 0.6 is 15.9 Å². The fourth-order valence-corrected chi connectivity index (χ4v) is 1.64. The third kappa shape index (κ3) is 1.74. The Morgan fingerprint density at radius 3 is 2.64 bits per heavy atom. The van der Waals surface area contributed by atoms with Crippen molar-refractivity contribution in [2.45, 2.75) is 20.3 Å². The first kappa shape index (κ1) is 8.60. The van der Waals surface area contributed by atoms with Crippen molar-refractivity contribution in [1.82, 2.24) is 0 Å². The Morgan fingerprint density at radius 2 is 2.09 bits per heavy atom. The molecule has 0 saturated heterocycles. The Hall–Kier alpha value is -0.500. The summed E-state index contributed by atoms with van der Waals surface area (Å²) in [6.07, 6.45) is 1.02. The molecule has 0 aliphatic heterocycles. The Balaban J connectivity index is 3.24. The molecule has 0 fully saturated rings. The highest BCUT2D eigenvalue weighted by Crippen LogP contribution is 2.24. The lowest BCUT2D eigenvalue weighted by Crippen LogP contribution is -1.91. The van der Waals surface area contributed by atoms with E-state index < -0.39 is 0 Å². The minimum atomic E-state index is 0.850. The summed E-state index contributed by atoms with van der Waals surface area (Å²) in [5.41, 5.74) is 9.02. The number of benzene rings is 1. The molecule has 0 spiro atoms. The largest absolute Gasteiger partial charge is 0.399 e. The maximum absolute atomic E-state index is 5.68. The molecule has 0 unspecified atom stereocenters. The second-order valence-electron chi connectivity index (χ2n) is 2.66. The third-order valence-electron chi connectivity index (χ3n) is 1.73. The van der Waals surface area contributed by atoms with E-state index in [0.29, 0.717) is 0 Å². The van der Waals surface area contributed by atoms with E-state index in [1.807, 2.05) is 12.1 Å². The normalized spacial score (nSPS) is 10.1. The Morgan fingerprint density at radius 1 is 1.45 bits per heavy atom. The summed E-state index contributed by atoms with van der Waals surface area (Å²) >= 11 is 3.52. The van der Waals surface area contributed by atoms with Gasteiger partial charge in [-0.15, -0.1) is 0 Å². The highest BCUT2D eigenvalue weighted by molar-refractivity contribution is 9.10. The number of rotatable bonds is 1. The summed E-state index contributed by atoms with van der Waals surface area (Å²) in [5, 5.41) is 0. The minimum Gasteiger partial charge on any atom is -0.399 e. The van der Waals surface area contributed by atoms with Gasteiger partial charge in [-0.25, -0.2) is 0 Å².